The van der Waals surface area contributed by atoms with Crippen LogP contribution < -0.4 is 27.4 Å². The van der Waals surface area contributed by atoms with Gasteiger partial charge in [0.2, 0.25) is 23.6 Å². The highest BCUT2D eigenvalue weighted by Crippen LogP contribution is 2.19. The van der Waals surface area contributed by atoms with Crippen molar-refractivity contribution in [3.05, 3.63) is 36.0 Å². The molecule has 6 atom stereocenters. The Labute approximate surface area is 211 Å². The van der Waals surface area contributed by atoms with Crippen molar-refractivity contribution in [2.24, 2.45) is 11.5 Å². The Hall–Kier alpha value is -4.01. The van der Waals surface area contributed by atoms with Crippen LogP contribution in [-0.2, 0) is 30.4 Å². The van der Waals surface area contributed by atoms with Crippen molar-refractivity contribution >= 4 is 40.5 Å². The fourth-order valence-electron chi connectivity index (χ4n) is 3.54. The summed E-state index contributed by atoms with van der Waals surface area (Å²) < 4.78 is 0. The van der Waals surface area contributed by atoms with E-state index in [1.165, 1.54) is 13.8 Å². The number of aliphatic hydroxyl groups is 2. The minimum atomic E-state index is -1.64. The Bertz CT molecular complexity index is 1150. The summed E-state index contributed by atoms with van der Waals surface area (Å²) in [5.41, 5.74) is 12.1. The lowest BCUT2D eigenvalue weighted by atomic mass is 10.0. The van der Waals surface area contributed by atoms with Crippen LogP contribution >= 0.6 is 0 Å². The topological polar surface area (TPSA) is 250 Å². The molecule has 4 amide bonds. The number of nitrogens with one attached hydrogen (secondary N) is 4. The molecule has 2 aromatic rings. The third kappa shape index (κ3) is 7.99. The number of hydrogen-bond acceptors (Lipinski definition) is 8. The second-order valence-corrected chi connectivity index (χ2v) is 8.69. The first kappa shape index (κ1) is 29.2. The number of primary amides is 1. The van der Waals surface area contributed by atoms with Crippen LogP contribution in [-0.4, -0.2) is 86.3 Å². The van der Waals surface area contributed by atoms with E-state index < -0.39 is 72.4 Å². The van der Waals surface area contributed by atoms with Gasteiger partial charge in [-0.05, 0) is 25.5 Å². The molecule has 14 heteroatoms. The molecule has 1 aromatic heterocycles. The van der Waals surface area contributed by atoms with Crippen molar-refractivity contribution in [3.8, 4) is 0 Å². The maximum Gasteiger partial charge on any atom is 0.326 e. The number of carbonyl (C=O) groups is 5. The first-order valence-corrected chi connectivity index (χ1v) is 11.4. The number of amides is 4. The molecule has 0 aliphatic carbocycles. The number of rotatable bonds is 13. The molecule has 0 saturated carbocycles. The molecule has 0 saturated heterocycles. The first-order chi connectivity index (χ1) is 17.3. The summed E-state index contributed by atoms with van der Waals surface area (Å²) >= 11 is 0. The maximum atomic E-state index is 12.9. The number of carboxylic acid groups (broad SMARTS) is 1. The molecule has 0 spiro atoms. The molecule has 0 aliphatic rings. The summed E-state index contributed by atoms with van der Waals surface area (Å²) in [6.45, 7) is 2.43. The van der Waals surface area contributed by atoms with Crippen molar-refractivity contribution in [2.75, 3.05) is 0 Å². The van der Waals surface area contributed by atoms with Gasteiger partial charge in [-0.2, -0.15) is 0 Å². The van der Waals surface area contributed by atoms with Gasteiger partial charge in [-0.25, -0.2) is 4.79 Å². The van der Waals surface area contributed by atoms with E-state index in [1.54, 1.807) is 24.4 Å². The predicted octanol–water partition coefficient (Wildman–Crippen LogP) is -2.79. The number of aliphatic hydroxyl groups excluding tert-OH is 2. The Kier molecular flexibility index (Phi) is 10.1. The van der Waals surface area contributed by atoms with Gasteiger partial charge in [0.15, 0.2) is 0 Å². The van der Waals surface area contributed by atoms with E-state index in [9.17, 15) is 39.3 Å². The lowest BCUT2D eigenvalue weighted by Gasteiger charge is -2.26. The van der Waals surface area contributed by atoms with Gasteiger partial charge in [0.1, 0.15) is 24.2 Å². The molecule has 0 aliphatic heterocycles. The number of carboxylic acids is 1. The Balaban J connectivity index is 2.17. The number of carbonyl (C=O) groups excluding carboxylic acids is 4. The smallest absolute Gasteiger partial charge is 0.326 e. The van der Waals surface area contributed by atoms with Gasteiger partial charge in [0.25, 0.3) is 0 Å². The van der Waals surface area contributed by atoms with Crippen LogP contribution in [0, 0.1) is 0 Å². The highest BCUT2D eigenvalue weighted by atomic mass is 16.4. The van der Waals surface area contributed by atoms with Crippen LogP contribution in [0.4, 0.5) is 0 Å². The summed E-state index contributed by atoms with van der Waals surface area (Å²) in [7, 11) is 0. The van der Waals surface area contributed by atoms with Crippen LogP contribution in [0.2, 0.25) is 0 Å². The number of fused-ring (bicyclic) bond motifs is 1. The quantitative estimate of drug-likeness (QED) is 0.132. The molecule has 14 nitrogen and oxygen atoms in total. The zero-order valence-electron chi connectivity index (χ0n) is 20.3. The van der Waals surface area contributed by atoms with Gasteiger partial charge < -0.3 is 47.7 Å². The van der Waals surface area contributed by atoms with Gasteiger partial charge in [0.05, 0.1) is 18.6 Å². The molecular formula is C23H32N6O8. The highest BCUT2D eigenvalue weighted by molar-refractivity contribution is 5.96. The Morgan fingerprint density at radius 1 is 0.919 bits per heavy atom. The summed E-state index contributed by atoms with van der Waals surface area (Å²) in [6.07, 6.45) is -1.90. The second kappa shape index (κ2) is 12.8. The fourth-order valence-corrected chi connectivity index (χ4v) is 3.54. The summed E-state index contributed by atoms with van der Waals surface area (Å²) in [5, 5.41) is 36.7. The molecule has 0 bridgehead atoms. The standard InChI is InChI=1S/C23H32N6O8/c1-10(30)18(25)21(34)27-15(8-17(24)32)20(33)29-19(11(2)31)22(35)28-16(23(36)37)7-12-9-26-14-6-4-3-5-13(12)14/h3-6,9-11,15-16,18-19,26,30-31H,7-8,25H2,1-2H3,(H2,24,32)(H,27,34)(H,28,35)(H,29,33)(H,36,37). The number of nitrogens with two attached hydrogens (primary N) is 2. The number of aliphatic carboxylic acids is 1. The van der Waals surface area contributed by atoms with E-state index in [2.05, 4.69) is 20.9 Å². The van der Waals surface area contributed by atoms with E-state index in [0.717, 1.165) is 10.9 Å². The van der Waals surface area contributed by atoms with Crippen molar-refractivity contribution < 1.29 is 39.3 Å². The number of para-hydroxylation sites is 1. The monoisotopic (exact) mass is 520 g/mol. The van der Waals surface area contributed by atoms with E-state index >= 15 is 0 Å². The van der Waals surface area contributed by atoms with Crippen molar-refractivity contribution in [1.29, 1.82) is 0 Å². The SMILES string of the molecule is CC(O)C(N)C(=O)NC(CC(N)=O)C(=O)NC(C(=O)NC(Cc1c[nH]c2ccccc12)C(=O)O)C(C)O. The molecule has 6 unspecified atom stereocenters. The maximum absolute atomic E-state index is 12.9. The fraction of sp³-hybridized carbons (Fsp3) is 0.435. The van der Waals surface area contributed by atoms with Gasteiger partial charge in [-0.1, -0.05) is 18.2 Å². The summed E-state index contributed by atoms with van der Waals surface area (Å²) in [6, 6.07) is 1.14. The van der Waals surface area contributed by atoms with Crippen LogP contribution in [0.3, 0.4) is 0 Å². The number of H-pyrrole nitrogens is 1. The zero-order chi connectivity index (χ0) is 27.9. The Morgan fingerprint density at radius 2 is 1.54 bits per heavy atom. The summed E-state index contributed by atoms with van der Waals surface area (Å²) in [5.74, 6) is -5.34. The highest BCUT2D eigenvalue weighted by Gasteiger charge is 2.34. The average molecular weight is 521 g/mol. The van der Waals surface area contributed by atoms with Crippen LogP contribution in [0.15, 0.2) is 30.5 Å². The first-order valence-electron chi connectivity index (χ1n) is 11.4. The molecular weight excluding hydrogens is 488 g/mol. The van der Waals surface area contributed by atoms with Crippen molar-refractivity contribution in [2.45, 2.75) is 63.1 Å². The van der Waals surface area contributed by atoms with Crippen LogP contribution in [0.1, 0.15) is 25.8 Å². The number of hydrogen-bond donors (Lipinski definition) is 9. The number of aromatic amines is 1. The molecule has 37 heavy (non-hydrogen) atoms. The van der Waals surface area contributed by atoms with Crippen molar-refractivity contribution in [1.82, 2.24) is 20.9 Å². The predicted molar refractivity (Wildman–Crippen MR) is 131 cm³/mol. The van der Waals surface area contributed by atoms with Gasteiger partial charge >= 0.3 is 5.97 Å². The normalized spacial score (nSPS) is 16.0. The van der Waals surface area contributed by atoms with Crippen LogP contribution in [0.25, 0.3) is 10.9 Å². The number of benzene rings is 1. The van der Waals surface area contributed by atoms with E-state index in [4.69, 9.17) is 11.5 Å². The van der Waals surface area contributed by atoms with Crippen molar-refractivity contribution in [3.63, 3.8) is 0 Å². The molecule has 1 heterocycles. The average Bonchev–Trinajstić information content (AvgIpc) is 3.22. The van der Waals surface area contributed by atoms with E-state index in [0.29, 0.717) is 5.56 Å². The third-order valence-electron chi connectivity index (χ3n) is 5.64. The lowest BCUT2D eigenvalue weighted by molar-refractivity contribution is -0.143. The lowest BCUT2D eigenvalue weighted by Crippen LogP contribution is -2.61. The molecule has 1 aromatic carbocycles. The largest absolute Gasteiger partial charge is 0.480 e. The molecule has 2 rings (SSSR count). The summed E-state index contributed by atoms with van der Waals surface area (Å²) in [4.78, 5) is 64.2. The second-order valence-electron chi connectivity index (χ2n) is 8.69. The number of aromatic nitrogens is 1. The van der Waals surface area contributed by atoms with Crippen LogP contribution in [0.5, 0.6) is 0 Å². The van der Waals surface area contributed by atoms with E-state index in [1.807, 2.05) is 6.07 Å². The van der Waals surface area contributed by atoms with E-state index in [-0.39, 0.29) is 6.42 Å². The molecule has 202 valence electrons. The molecule has 11 N–H and O–H groups in total. The molecule has 0 fully saturated rings. The third-order valence-corrected chi connectivity index (χ3v) is 5.64. The minimum Gasteiger partial charge on any atom is -0.480 e. The minimum absolute atomic E-state index is 0.0941. The molecule has 0 radical (unpaired) electrons. The zero-order valence-corrected chi connectivity index (χ0v) is 20.3. The van der Waals surface area contributed by atoms with Gasteiger partial charge in [0, 0.05) is 23.5 Å². The van der Waals surface area contributed by atoms with Gasteiger partial charge in [-0.15, -0.1) is 0 Å². The Morgan fingerprint density at radius 3 is 2.11 bits per heavy atom. The van der Waals surface area contributed by atoms with Gasteiger partial charge in [-0.3, -0.25) is 19.2 Å².